The molecule has 0 unspecified atom stereocenters. The van der Waals surface area contributed by atoms with Gasteiger partial charge in [-0.2, -0.15) is 0 Å². The van der Waals surface area contributed by atoms with Crippen LogP contribution in [0.2, 0.25) is 0 Å². The van der Waals surface area contributed by atoms with Gasteiger partial charge in [0.25, 0.3) is 0 Å². The van der Waals surface area contributed by atoms with Gasteiger partial charge in [-0.05, 0) is 32.4 Å². The minimum absolute atomic E-state index is 0. The molecule has 0 aliphatic rings. The number of halogens is 1. The van der Waals surface area contributed by atoms with Crippen LogP contribution in [-0.2, 0) is 16.1 Å². The third-order valence-corrected chi connectivity index (χ3v) is 3.19. The Balaban J connectivity index is 0.00000441. The molecule has 0 fully saturated rings. The highest BCUT2D eigenvalue weighted by Gasteiger charge is 2.15. The topological polar surface area (TPSA) is 94.6 Å². The van der Waals surface area contributed by atoms with E-state index in [1.807, 2.05) is 0 Å². The summed E-state index contributed by atoms with van der Waals surface area (Å²) in [6.07, 6.45) is 4.43. The van der Waals surface area contributed by atoms with E-state index in [-0.39, 0.29) is 24.9 Å². The zero-order valence-corrected chi connectivity index (χ0v) is 14.0. The van der Waals surface area contributed by atoms with E-state index in [0.717, 1.165) is 25.7 Å². The predicted molar refractivity (Wildman–Crippen MR) is 86.0 cm³/mol. The summed E-state index contributed by atoms with van der Waals surface area (Å²) in [5.74, 6) is 0.586. The number of ether oxygens (including phenoxy) is 1. The number of unbranched alkanes of at least 4 members (excludes halogenated alkanes) is 3. The lowest BCUT2D eigenvalue weighted by atomic mass is 10.1. The Hall–Kier alpha value is -1.53. The highest BCUT2D eigenvalue weighted by molar-refractivity contribution is 5.90. The molecule has 126 valence electrons. The molecule has 0 saturated carbocycles. The number of esters is 1. The number of nitrogens with one attached hydrogen (secondary N) is 1. The SMILES string of the molecule is COC(=O)c1cc(CNC(=O)CCCCCCN)oc1C.Cl. The Morgan fingerprint density at radius 3 is 2.59 bits per heavy atom. The van der Waals surface area contributed by atoms with Crippen molar-refractivity contribution in [2.24, 2.45) is 5.73 Å². The molecule has 0 bridgehead atoms. The maximum atomic E-state index is 11.7. The molecule has 0 aromatic carbocycles. The van der Waals surface area contributed by atoms with E-state index in [2.05, 4.69) is 10.1 Å². The van der Waals surface area contributed by atoms with Crippen LogP contribution in [-0.4, -0.2) is 25.5 Å². The van der Waals surface area contributed by atoms with Crippen LogP contribution in [0.4, 0.5) is 0 Å². The minimum Gasteiger partial charge on any atom is -0.465 e. The smallest absolute Gasteiger partial charge is 0.341 e. The van der Waals surface area contributed by atoms with Crippen LogP contribution in [0.5, 0.6) is 0 Å². The summed E-state index contributed by atoms with van der Waals surface area (Å²) in [4.78, 5) is 23.1. The van der Waals surface area contributed by atoms with Gasteiger partial charge in [0.15, 0.2) is 0 Å². The lowest BCUT2D eigenvalue weighted by Crippen LogP contribution is -2.22. The van der Waals surface area contributed by atoms with Gasteiger partial charge in [0.2, 0.25) is 5.91 Å². The summed E-state index contributed by atoms with van der Waals surface area (Å²) in [6.45, 7) is 2.67. The molecule has 1 aromatic heterocycles. The number of amides is 1. The van der Waals surface area contributed by atoms with Crippen LogP contribution < -0.4 is 11.1 Å². The molecule has 0 spiro atoms. The summed E-state index contributed by atoms with van der Waals surface area (Å²) in [5, 5.41) is 2.78. The molecule has 0 saturated heterocycles. The maximum Gasteiger partial charge on any atom is 0.341 e. The average Bonchev–Trinajstić information content (AvgIpc) is 2.85. The molecule has 3 N–H and O–H groups in total. The van der Waals surface area contributed by atoms with Crippen LogP contribution in [0, 0.1) is 6.92 Å². The summed E-state index contributed by atoms with van der Waals surface area (Å²) < 4.78 is 10.1. The highest BCUT2D eigenvalue weighted by atomic mass is 35.5. The molecular weight excluding hydrogens is 308 g/mol. The summed E-state index contributed by atoms with van der Waals surface area (Å²) >= 11 is 0. The van der Waals surface area contributed by atoms with Gasteiger partial charge in [0, 0.05) is 6.42 Å². The van der Waals surface area contributed by atoms with Crippen molar-refractivity contribution in [3.05, 3.63) is 23.2 Å². The maximum absolute atomic E-state index is 11.7. The summed E-state index contributed by atoms with van der Waals surface area (Å²) in [6, 6.07) is 1.60. The first-order chi connectivity index (χ1) is 10.1. The van der Waals surface area contributed by atoms with Crippen LogP contribution in [0.3, 0.4) is 0 Å². The monoisotopic (exact) mass is 332 g/mol. The van der Waals surface area contributed by atoms with Gasteiger partial charge in [-0.15, -0.1) is 12.4 Å². The Labute approximate surface area is 137 Å². The van der Waals surface area contributed by atoms with Crippen molar-refractivity contribution in [1.82, 2.24) is 5.32 Å². The van der Waals surface area contributed by atoms with Crippen molar-refractivity contribution >= 4 is 24.3 Å². The van der Waals surface area contributed by atoms with Crippen molar-refractivity contribution in [3.8, 4) is 0 Å². The molecule has 0 atom stereocenters. The molecular formula is C15H25ClN2O4. The molecule has 7 heteroatoms. The fourth-order valence-corrected chi connectivity index (χ4v) is 2.00. The van der Waals surface area contributed by atoms with E-state index in [1.54, 1.807) is 13.0 Å². The number of nitrogens with two attached hydrogens (primary N) is 1. The lowest BCUT2D eigenvalue weighted by molar-refractivity contribution is -0.121. The number of methoxy groups -OCH3 is 1. The average molecular weight is 333 g/mol. The first-order valence-corrected chi connectivity index (χ1v) is 7.23. The van der Waals surface area contributed by atoms with E-state index >= 15 is 0 Å². The molecule has 1 rings (SSSR count). The third kappa shape index (κ3) is 6.95. The predicted octanol–water partition coefficient (Wildman–Crippen LogP) is 2.32. The van der Waals surface area contributed by atoms with E-state index in [0.29, 0.717) is 30.0 Å². The fourth-order valence-electron chi connectivity index (χ4n) is 2.00. The molecule has 1 amide bonds. The van der Waals surface area contributed by atoms with Crippen molar-refractivity contribution in [2.75, 3.05) is 13.7 Å². The normalized spacial score (nSPS) is 9.95. The van der Waals surface area contributed by atoms with E-state index < -0.39 is 5.97 Å². The van der Waals surface area contributed by atoms with E-state index in [1.165, 1.54) is 7.11 Å². The molecule has 1 heterocycles. The van der Waals surface area contributed by atoms with Gasteiger partial charge in [0.05, 0.1) is 13.7 Å². The minimum atomic E-state index is -0.436. The van der Waals surface area contributed by atoms with Gasteiger partial charge in [0.1, 0.15) is 17.1 Å². The Morgan fingerprint density at radius 1 is 1.27 bits per heavy atom. The molecule has 1 aromatic rings. The lowest BCUT2D eigenvalue weighted by Gasteiger charge is -2.03. The zero-order chi connectivity index (χ0) is 15.7. The first kappa shape index (κ1) is 20.5. The van der Waals surface area contributed by atoms with Crippen molar-refractivity contribution in [3.63, 3.8) is 0 Å². The van der Waals surface area contributed by atoms with Crippen molar-refractivity contribution in [1.29, 1.82) is 0 Å². The number of carbonyl (C=O) groups is 2. The van der Waals surface area contributed by atoms with Gasteiger partial charge in [-0.1, -0.05) is 12.8 Å². The van der Waals surface area contributed by atoms with Crippen molar-refractivity contribution < 1.29 is 18.7 Å². The van der Waals surface area contributed by atoms with E-state index in [9.17, 15) is 9.59 Å². The number of furan rings is 1. The number of carbonyl (C=O) groups excluding carboxylic acids is 2. The standard InChI is InChI=1S/C15H24N2O4.ClH/c1-11-13(15(19)20-2)9-12(21-11)10-17-14(18)7-5-3-4-6-8-16;/h9H,3-8,10,16H2,1-2H3,(H,17,18);1H. The number of hydrogen-bond donors (Lipinski definition) is 2. The number of aryl methyl sites for hydroxylation is 1. The van der Waals surface area contributed by atoms with Gasteiger partial charge >= 0.3 is 5.97 Å². The molecule has 6 nitrogen and oxygen atoms in total. The largest absolute Gasteiger partial charge is 0.465 e. The van der Waals surface area contributed by atoms with Crippen LogP contribution >= 0.6 is 12.4 Å². The second kappa shape index (κ2) is 11.1. The Kier molecular flexibility index (Phi) is 10.3. The summed E-state index contributed by atoms with van der Waals surface area (Å²) in [7, 11) is 1.32. The quantitative estimate of drug-likeness (QED) is 0.534. The molecule has 22 heavy (non-hydrogen) atoms. The zero-order valence-electron chi connectivity index (χ0n) is 13.1. The summed E-state index contributed by atoms with van der Waals surface area (Å²) in [5.41, 5.74) is 5.80. The number of hydrogen-bond acceptors (Lipinski definition) is 5. The molecule has 0 aliphatic carbocycles. The second-order valence-corrected chi connectivity index (χ2v) is 4.90. The van der Waals surface area contributed by atoms with Gasteiger partial charge in [-0.3, -0.25) is 4.79 Å². The van der Waals surface area contributed by atoms with Crippen LogP contribution in [0.1, 0.15) is 54.0 Å². The van der Waals surface area contributed by atoms with Crippen LogP contribution in [0.25, 0.3) is 0 Å². The third-order valence-electron chi connectivity index (χ3n) is 3.19. The second-order valence-electron chi connectivity index (χ2n) is 4.90. The Bertz CT molecular complexity index is 474. The van der Waals surface area contributed by atoms with Gasteiger partial charge in [-0.25, -0.2) is 4.79 Å². The highest BCUT2D eigenvalue weighted by Crippen LogP contribution is 2.15. The molecule has 0 aliphatic heterocycles. The van der Waals surface area contributed by atoms with Crippen molar-refractivity contribution in [2.45, 2.75) is 45.6 Å². The van der Waals surface area contributed by atoms with Crippen LogP contribution in [0.15, 0.2) is 10.5 Å². The molecule has 0 radical (unpaired) electrons. The number of rotatable bonds is 9. The Morgan fingerprint density at radius 2 is 1.95 bits per heavy atom. The van der Waals surface area contributed by atoms with Gasteiger partial charge < -0.3 is 20.2 Å². The fraction of sp³-hybridized carbons (Fsp3) is 0.600. The first-order valence-electron chi connectivity index (χ1n) is 7.23. The van der Waals surface area contributed by atoms with E-state index in [4.69, 9.17) is 10.2 Å².